The van der Waals surface area contributed by atoms with Gasteiger partial charge in [-0.2, -0.15) is 0 Å². The predicted octanol–water partition coefficient (Wildman–Crippen LogP) is 2.11. The van der Waals surface area contributed by atoms with Gasteiger partial charge in [-0.1, -0.05) is 6.07 Å². The van der Waals surface area contributed by atoms with Crippen molar-refractivity contribution in [2.75, 3.05) is 26.8 Å². The van der Waals surface area contributed by atoms with Gasteiger partial charge in [0, 0.05) is 19.2 Å². The number of benzene rings is 1. The minimum absolute atomic E-state index is 0.143. The van der Waals surface area contributed by atoms with E-state index in [4.69, 9.17) is 9.47 Å². The Morgan fingerprint density at radius 3 is 2.60 bits per heavy atom. The molecule has 0 aliphatic heterocycles. The van der Waals surface area contributed by atoms with Crippen molar-refractivity contribution < 1.29 is 19.1 Å². The predicted molar refractivity (Wildman–Crippen MR) is 75.8 cm³/mol. The molecule has 0 fully saturated rings. The number of hydrogen-bond acceptors (Lipinski definition) is 4. The first-order chi connectivity index (χ1) is 9.58. The van der Waals surface area contributed by atoms with E-state index in [1.165, 1.54) is 4.90 Å². The van der Waals surface area contributed by atoms with Crippen LogP contribution in [0.2, 0.25) is 0 Å². The summed E-state index contributed by atoms with van der Waals surface area (Å²) >= 11 is 0. The monoisotopic (exact) mass is 279 g/mol. The summed E-state index contributed by atoms with van der Waals surface area (Å²) in [5.74, 6) is 0.225. The average molecular weight is 279 g/mol. The molecular formula is C15H21NO4. The summed E-state index contributed by atoms with van der Waals surface area (Å²) in [5, 5.41) is 0. The summed E-state index contributed by atoms with van der Waals surface area (Å²) in [7, 11) is 1.66. The minimum atomic E-state index is -0.296. The Bertz CT molecular complexity index is 459. The van der Waals surface area contributed by atoms with Crippen LogP contribution in [0, 0.1) is 0 Å². The van der Waals surface area contributed by atoms with E-state index in [0.717, 1.165) is 0 Å². The molecule has 0 atom stereocenters. The number of rotatable bonds is 7. The minimum Gasteiger partial charge on any atom is -0.494 e. The zero-order valence-electron chi connectivity index (χ0n) is 12.2. The molecule has 0 bridgehead atoms. The highest BCUT2D eigenvalue weighted by Crippen LogP contribution is 2.14. The lowest BCUT2D eigenvalue weighted by atomic mass is 10.2. The Morgan fingerprint density at radius 1 is 1.20 bits per heavy atom. The maximum absolute atomic E-state index is 12.2. The van der Waals surface area contributed by atoms with Crippen molar-refractivity contribution >= 4 is 11.9 Å². The lowest BCUT2D eigenvalue weighted by Crippen LogP contribution is -2.29. The van der Waals surface area contributed by atoms with Gasteiger partial charge in [-0.15, -0.1) is 0 Å². The molecule has 0 radical (unpaired) electrons. The molecule has 0 unspecified atom stereocenters. The van der Waals surface area contributed by atoms with Crippen molar-refractivity contribution in [3.05, 3.63) is 29.8 Å². The van der Waals surface area contributed by atoms with Crippen LogP contribution < -0.4 is 4.74 Å². The Morgan fingerprint density at radius 2 is 1.95 bits per heavy atom. The molecule has 1 aromatic rings. The normalized spacial score (nSPS) is 9.95. The van der Waals surface area contributed by atoms with Crippen LogP contribution in [0.4, 0.5) is 0 Å². The van der Waals surface area contributed by atoms with Crippen LogP contribution in [-0.4, -0.2) is 43.6 Å². The van der Waals surface area contributed by atoms with Gasteiger partial charge < -0.3 is 14.4 Å². The van der Waals surface area contributed by atoms with Gasteiger partial charge in [-0.05, 0) is 32.0 Å². The molecule has 0 aliphatic rings. The number of nitrogens with zero attached hydrogens (tertiary/aromatic N) is 1. The molecule has 0 N–H and O–H groups in total. The highest BCUT2D eigenvalue weighted by atomic mass is 16.5. The van der Waals surface area contributed by atoms with Crippen molar-refractivity contribution in [3.63, 3.8) is 0 Å². The SMILES string of the molecule is CCOC(=O)CCN(C)C(=O)c1cccc(OCC)c1. The third-order valence-corrected chi connectivity index (χ3v) is 2.70. The van der Waals surface area contributed by atoms with Crippen LogP contribution in [0.15, 0.2) is 24.3 Å². The van der Waals surface area contributed by atoms with E-state index in [0.29, 0.717) is 31.1 Å². The second-order valence-corrected chi connectivity index (χ2v) is 4.24. The summed E-state index contributed by atoms with van der Waals surface area (Å²) < 4.78 is 10.2. The summed E-state index contributed by atoms with van der Waals surface area (Å²) in [5.41, 5.74) is 0.544. The summed E-state index contributed by atoms with van der Waals surface area (Å²) in [6.07, 6.45) is 0.196. The Hall–Kier alpha value is -2.04. The lowest BCUT2D eigenvalue weighted by Gasteiger charge is -2.17. The average Bonchev–Trinajstić information content (AvgIpc) is 2.45. The molecule has 0 heterocycles. The quantitative estimate of drug-likeness (QED) is 0.717. The zero-order valence-corrected chi connectivity index (χ0v) is 12.2. The first kappa shape index (κ1) is 16.0. The Labute approximate surface area is 119 Å². The van der Waals surface area contributed by atoms with Gasteiger partial charge >= 0.3 is 5.97 Å². The highest BCUT2D eigenvalue weighted by molar-refractivity contribution is 5.94. The fourth-order valence-corrected chi connectivity index (χ4v) is 1.70. The van der Waals surface area contributed by atoms with E-state index >= 15 is 0 Å². The van der Waals surface area contributed by atoms with E-state index in [2.05, 4.69) is 0 Å². The second kappa shape index (κ2) is 8.19. The molecule has 1 rings (SSSR count). The largest absolute Gasteiger partial charge is 0.494 e. The molecule has 0 aliphatic carbocycles. The van der Waals surface area contributed by atoms with E-state index in [1.54, 1.807) is 38.2 Å². The van der Waals surface area contributed by atoms with Crippen LogP contribution in [0.25, 0.3) is 0 Å². The van der Waals surface area contributed by atoms with Gasteiger partial charge in [-0.25, -0.2) is 0 Å². The van der Waals surface area contributed by atoms with Gasteiger partial charge in [0.15, 0.2) is 0 Å². The van der Waals surface area contributed by atoms with Gasteiger partial charge in [0.2, 0.25) is 0 Å². The lowest BCUT2D eigenvalue weighted by molar-refractivity contribution is -0.143. The number of carbonyl (C=O) groups is 2. The molecule has 0 saturated carbocycles. The molecule has 0 spiro atoms. The first-order valence-electron chi connectivity index (χ1n) is 6.72. The van der Waals surface area contributed by atoms with Gasteiger partial charge in [0.25, 0.3) is 5.91 Å². The molecule has 0 aromatic heterocycles. The molecule has 110 valence electrons. The van der Waals surface area contributed by atoms with Crippen molar-refractivity contribution in [1.29, 1.82) is 0 Å². The van der Waals surface area contributed by atoms with E-state index in [-0.39, 0.29) is 18.3 Å². The van der Waals surface area contributed by atoms with E-state index < -0.39 is 0 Å². The molecule has 1 aromatic carbocycles. The summed E-state index contributed by atoms with van der Waals surface area (Å²) in [4.78, 5) is 25.0. The molecule has 5 heteroatoms. The van der Waals surface area contributed by atoms with E-state index in [9.17, 15) is 9.59 Å². The Balaban J connectivity index is 2.59. The van der Waals surface area contributed by atoms with Gasteiger partial charge in [-0.3, -0.25) is 9.59 Å². The highest BCUT2D eigenvalue weighted by Gasteiger charge is 2.14. The van der Waals surface area contributed by atoms with Crippen molar-refractivity contribution in [1.82, 2.24) is 4.90 Å². The summed E-state index contributed by atoms with van der Waals surface area (Å²) in [6, 6.07) is 7.01. The van der Waals surface area contributed by atoms with Gasteiger partial charge in [0.1, 0.15) is 5.75 Å². The van der Waals surface area contributed by atoms with Crippen LogP contribution >= 0.6 is 0 Å². The number of esters is 1. The number of carbonyl (C=O) groups excluding carboxylic acids is 2. The smallest absolute Gasteiger partial charge is 0.307 e. The number of ether oxygens (including phenoxy) is 2. The fraction of sp³-hybridized carbons (Fsp3) is 0.467. The van der Waals surface area contributed by atoms with Crippen molar-refractivity contribution in [2.24, 2.45) is 0 Å². The van der Waals surface area contributed by atoms with Gasteiger partial charge in [0.05, 0.1) is 19.6 Å². The third kappa shape index (κ3) is 4.91. The van der Waals surface area contributed by atoms with Crippen LogP contribution in [0.3, 0.4) is 0 Å². The maximum Gasteiger partial charge on any atom is 0.307 e. The molecule has 0 saturated heterocycles. The third-order valence-electron chi connectivity index (χ3n) is 2.70. The van der Waals surface area contributed by atoms with E-state index in [1.807, 2.05) is 6.92 Å². The standard InChI is InChI=1S/C15H21NO4/c1-4-19-13-8-6-7-12(11-13)15(18)16(3)10-9-14(17)20-5-2/h6-8,11H,4-5,9-10H2,1-3H3. The summed E-state index contributed by atoms with van der Waals surface area (Å²) in [6.45, 7) is 4.88. The molecule has 1 amide bonds. The molecular weight excluding hydrogens is 258 g/mol. The van der Waals surface area contributed by atoms with Crippen molar-refractivity contribution in [3.8, 4) is 5.75 Å². The fourth-order valence-electron chi connectivity index (χ4n) is 1.70. The topological polar surface area (TPSA) is 55.8 Å². The zero-order chi connectivity index (χ0) is 15.0. The van der Waals surface area contributed by atoms with Crippen molar-refractivity contribution in [2.45, 2.75) is 20.3 Å². The Kier molecular flexibility index (Phi) is 6.56. The number of amides is 1. The van der Waals surface area contributed by atoms with Crippen LogP contribution in [-0.2, 0) is 9.53 Å². The second-order valence-electron chi connectivity index (χ2n) is 4.24. The molecule has 20 heavy (non-hydrogen) atoms. The number of hydrogen-bond donors (Lipinski definition) is 0. The molecule has 5 nitrogen and oxygen atoms in total. The van der Waals surface area contributed by atoms with Crippen LogP contribution in [0.1, 0.15) is 30.6 Å². The first-order valence-corrected chi connectivity index (χ1v) is 6.72. The van der Waals surface area contributed by atoms with Crippen LogP contribution in [0.5, 0.6) is 5.75 Å². The maximum atomic E-state index is 12.2.